The smallest absolute Gasteiger partial charge is 0.337 e. The van der Waals surface area contributed by atoms with Crippen molar-refractivity contribution in [1.29, 1.82) is 0 Å². The highest BCUT2D eigenvalue weighted by atomic mass is 35.5. The number of carbonyl (C=O) groups excluding carboxylic acids is 1. The van der Waals surface area contributed by atoms with E-state index in [1.807, 2.05) is 48.9 Å². The van der Waals surface area contributed by atoms with Crippen LogP contribution in [0.15, 0.2) is 73.2 Å². The van der Waals surface area contributed by atoms with Crippen LogP contribution in [-0.2, 0) is 31.0 Å². The van der Waals surface area contributed by atoms with Gasteiger partial charge in [0.2, 0.25) is 0 Å². The number of carbonyl (C=O) groups is 1. The maximum atomic E-state index is 14.1. The minimum absolute atomic E-state index is 0.0754. The highest BCUT2D eigenvalue weighted by molar-refractivity contribution is 6.30. The number of ether oxygens (including phenoxy) is 3. The van der Waals surface area contributed by atoms with E-state index >= 15 is 0 Å². The van der Waals surface area contributed by atoms with Crippen molar-refractivity contribution in [2.45, 2.75) is 52.1 Å². The molecule has 5 aromatic rings. The van der Waals surface area contributed by atoms with E-state index in [0.717, 1.165) is 66.3 Å². The number of likely N-dealkylation sites (tertiary alicyclic amines) is 1. The molecule has 0 bridgehead atoms. The molecule has 1 fully saturated rings. The highest BCUT2D eigenvalue weighted by Gasteiger charge is 2.24. The van der Waals surface area contributed by atoms with Gasteiger partial charge in [0.25, 0.3) is 0 Å². The molecule has 0 amide bonds. The van der Waals surface area contributed by atoms with Crippen LogP contribution in [0.5, 0.6) is 11.5 Å². The number of imidazole rings is 2. The van der Waals surface area contributed by atoms with Crippen molar-refractivity contribution in [3.05, 3.63) is 107 Å². The lowest BCUT2D eigenvalue weighted by molar-refractivity contribution is 0.0601. The van der Waals surface area contributed by atoms with E-state index in [-0.39, 0.29) is 24.4 Å². The molecule has 0 aliphatic carbocycles. The topological polar surface area (TPSA) is 83.6 Å². The fourth-order valence-electron chi connectivity index (χ4n) is 5.68. The van der Waals surface area contributed by atoms with Gasteiger partial charge in [-0.3, -0.25) is 4.90 Å². The molecule has 0 spiro atoms. The third-order valence-corrected chi connectivity index (χ3v) is 8.33. The zero-order chi connectivity index (χ0) is 31.3. The zero-order valence-corrected chi connectivity index (χ0v) is 26.0. The first-order valence-electron chi connectivity index (χ1n) is 15.0. The fraction of sp³-hybridized carbons (Fsp3) is 0.324. The van der Waals surface area contributed by atoms with Crippen LogP contribution in [0.4, 0.5) is 4.39 Å². The second kappa shape index (κ2) is 13.7. The van der Waals surface area contributed by atoms with Crippen molar-refractivity contribution < 1.29 is 23.4 Å². The summed E-state index contributed by atoms with van der Waals surface area (Å²) in [6, 6.07) is 17.6. The van der Waals surface area contributed by atoms with Crippen molar-refractivity contribution in [3.8, 4) is 11.5 Å². The molecule has 2 aromatic heterocycles. The normalized spacial score (nSPS) is 14.1. The Morgan fingerprint density at radius 3 is 2.69 bits per heavy atom. The third-order valence-electron chi connectivity index (χ3n) is 8.10. The van der Waals surface area contributed by atoms with Crippen LogP contribution in [0, 0.1) is 5.82 Å². The molecule has 0 unspecified atom stereocenters. The monoisotopic (exact) mass is 631 g/mol. The van der Waals surface area contributed by atoms with Crippen LogP contribution < -0.4 is 9.47 Å². The molecule has 3 aromatic carbocycles. The Bertz CT molecular complexity index is 1800. The Morgan fingerprint density at radius 1 is 1.07 bits per heavy atom. The number of nitrogens with zero attached hydrogens (tertiary/aromatic N) is 5. The minimum atomic E-state index is -0.490. The number of aromatic nitrogens is 4. The van der Waals surface area contributed by atoms with Gasteiger partial charge in [-0.1, -0.05) is 23.7 Å². The van der Waals surface area contributed by atoms with Crippen molar-refractivity contribution in [2.24, 2.45) is 0 Å². The van der Waals surface area contributed by atoms with Crippen LogP contribution in [0.1, 0.15) is 47.2 Å². The lowest BCUT2D eigenvalue weighted by Crippen LogP contribution is -2.38. The van der Waals surface area contributed by atoms with E-state index < -0.39 is 5.82 Å². The molecule has 45 heavy (non-hydrogen) atoms. The molecule has 11 heteroatoms. The van der Waals surface area contributed by atoms with Crippen molar-refractivity contribution in [1.82, 2.24) is 24.0 Å². The predicted octanol–water partition coefficient (Wildman–Crippen LogP) is 6.50. The van der Waals surface area contributed by atoms with Gasteiger partial charge in [0.1, 0.15) is 24.3 Å². The zero-order valence-electron chi connectivity index (χ0n) is 25.3. The molecule has 0 atom stereocenters. The summed E-state index contributed by atoms with van der Waals surface area (Å²) < 4.78 is 35.4. The molecular formula is C34H35ClFN5O4. The number of methoxy groups -OCH3 is 1. The van der Waals surface area contributed by atoms with Gasteiger partial charge in [0.05, 0.1) is 48.8 Å². The summed E-state index contributed by atoms with van der Waals surface area (Å²) in [6.07, 6.45) is 5.52. The first-order chi connectivity index (χ1) is 21.9. The fourth-order valence-corrected chi connectivity index (χ4v) is 5.84. The number of rotatable bonds is 11. The number of halogens is 2. The van der Waals surface area contributed by atoms with Gasteiger partial charge in [-0.05, 0) is 73.9 Å². The molecule has 6 rings (SSSR count). The van der Waals surface area contributed by atoms with Crippen molar-refractivity contribution in [2.75, 3.05) is 20.2 Å². The Kier molecular flexibility index (Phi) is 9.32. The molecule has 0 N–H and O–H groups in total. The summed E-state index contributed by atoms with van der Waals surface area (Å²) in [7, 11) is 1.39. The summed E-state index contributed by atoms with van der Waals surface area (Å²) in [4.78, 5) is 24.0. The molecule has 234 valence electrons. The number of benzene rings is 3. The maximum Gasteiger partial charge on any atom is 0.337 e. The van der Waals surface area contributed by atoms with Gasteiger partial charge in [-0.25, -0.2) is 19.2 Å². The van der Waals surface area contributed by atoms with Gasteiger partial charge in [-0.2, -0.15) is 0 Å². The lowest BCUT2D eigenvalue weighted by atomic mass is 10.1. The van der Waals surface area contributed by atoms with E-state index in [1.165, 1.54) is 19.2 Å². The predicted molar refractivity (Wildman–Crippen MR) is 169 cm³/mol. The second-order valence-corrected chi connectivity index (χ2v) is 11.5. The molecule has 0 saturated carbocycles. The highest BCUT2D eigenvalue weighted by Crippen LogP contribution is 2.26. The van der Waals surface area contributed by atoms with Gasteiger partial charge in [-0.15, -0.1) is 0 Å². The molecule has 1 saturated heterocycles. The molecule has 0 radical (unpaired) electrons. The first-order valence-corrected chi connectivity index (χ1v) is 15.4. The molecule has 1 aliphatic rings. The number of piperidine rings is 1. The van der Waals surface area contributed by atoms with Crippen molar-refractivity contribution in [3.63, 3.8) is 0 Å². The van der Waals surface area contributed by atoms with E-state index in [4.69, 9.17) is 30.8 Å². The molecule has 1 aliphatic heterocycles. The largest absolute Gasteiger partial charge is 0.490 e. The minimum Gasteiger partial charge on any atom is -0.490 e. The number of hydrogen-bond acceptors (Lipinski definition) is 7. The average Bonchev–Trinajstić information content (AvgIpc) is 3.65. The Balaban J connectivity index is 1.11. The van der Waals surface area contributed by atoms with Crippen LogP contribution in [0.2, 0.25) is 5.02 Å². The Labute approximate surface area is 266 Å². The second-order valence-electron chi connectivity index (χ2n) is 11.1. The van der Waals surface area contributed by atoms with E-state index in [1.54, 1.807) is 12.1 Å². The standard InChI is InChI=1S/C34H35ClFN5O4/c1-3-40-22-37-18-26(40)19-41-31-16-24(34(42)43-2)7-9-30(31)38-33(41)20-39-13-11-27(12-14-39)45-28-6-4-5-23(15-28)21-44-32-10-8-25(35)17-29(32)36/h4-10,15-18,22,27H,3,11-14,19-21H2,1-2H3. The number of aryl methyl sites for hydroxylation is 1. The van der Waals surface area contributed by atoms with Gasteiger partial charge < -0.3 is 23.3 Å². The molecule has 9 nitrogen and oxygen atoms in total. The third kappa shape index (κ3) is 7.13. The Hall–Kier alpha value is -4.41. The van der Waals surface area contributed by atoms with E-state index in [2.05, 4.69) is 25.9 Å². The summed E-state index contributed by atoms with van der Waals surface area (Å²) in [5, 5.41) is 0.328. The quantitative estimate of drug-likeness (QED) is 0.154. The maximum absolute atomic E-state index is 14.1. The van der Waals surface area contributed by atoms with Crippen LogP contribution in [0.3, 0.4) is 0 Å². The van der Waals surface area contributed by atoms with Crippen LogP contribution in [-0.4, -0.2) is 56.3 Å². The number of fused-ring (bicyclic) bond motifs is 1. The van der Waals surface area contributed by atoms with Gasteiger partial charge in [0.15, 0.2) is 11.6 Å². The van der Waals surface area contributed by atoms with E-state index in [0.29, 0.717) is 23.7 Å². The number of esters is 1. The summed E-state index contributed by atoms with van der Waals surface area (Å²) in [5.74, 6) is 0.990. The van der Waals surface area contributed by atoms with Gasteiger partial charge >= 0.3 is 5.97 Å². The lowest BCUT2D eigenvalue weighted by Gasteiger charge is -2.32. The van der Waals surface area contributed by atoms with Crippen molar-refractivity contribution >= 4 is 28.6 Å². The molecule has 3 heterocycles. The summed E-state index contributed by atoms with van der Waals surface area (Å²) >= 11 is 5.84. The van der Waals surface area contributed by atoms with Gasteiger partial charge in [0, 0.05) is 30.9 Å². The summed E-state index contributed by atoms with van der Waals surface area (Å²) in [6.45, 7) is 6.09. The average molecular weight is 632 g/mol. The molecular weight excluding hydrogens is 597 g/mol. The van der Waals surface area contributed by atoms with Crippen LogP contribution >= 0.6 is 11.6 Å². The van der Waals surface area contributed by atoms with Crippen LogP contribution in [0.25, 0.3) is 11.0 Å². The summed E-state index contributed by atoms with van der Waals surface area (Å²) in [5.41, 5.74) is 4.17. The van der Waals surface area contributed by atoms with E-state index in [9.17, 15) is 9.18 Å². The first kappa shape index (κ1) is 30.6. The Morgan fingerprint density at radius 2 is 1.91 bits per heavy atom. The number of hydrogen-bond donors (Lipinski definition) is 0. The SMILES string of the molecule is CCn1cncc1Cn1c(CN2CCC(Oc3cccc(COc4ccc(Cl)cc4F)c3)CC2)nc2ccc(C(=O)OC)cc21.